The second kappa shape index (κ2) is 7.68. The van der Waals surface area contributed by atoms with Crippen LogP contribution in [0.15, 0.2) is 24.3 Å². The Balaban J connectivity index is 2.02. The molecule has 2 nitrogen and oxygen atoms in total. The van der Waals surface area contributed by atoms with E-state index in [4.69, 9.17) is 11.6 Å². The van der Waals surface area contributed by atoms with Crippen LogP contribution in [-0.2, 0) is 6.54 Å². The summed E-state index contributed by atoms with van der Waals surface area (Å²) in [7, 11) is 0. The maximum absolute atomic E-state index is 6.28. The highest BCUT2D eigenvalue weighted by Crippen LogP contribution is 2.25. The minimum absolute atomic E-state index is 0.0394. The number of para-hydroxylation sites is 2. The maximum Gasteiger partial charge on any atom is 0.127 e. The van der Waals surface area contributed by atoms with Crippen LogP contribution in [0, 0.1) is 0 Å². The third-order valence-electron chi connectivity index (χ3n) is 3.78. The summed E-state index contributed by atoms with van der Waals surface area (Å²) in [6.07, 6.45) is 7.87. The van der Waals surface area contributed by atoms with Crippen LogP contribution in [0.25, 0.3) is 11.0 Å². The number of imidazole rings is 1. The first-order valence-electron chi connectivity index (χ1n) is 7.83. The van der Waals surface area contributed by atoms with Crippen molar-refractivity contribution in [2.24, 2.45) is 0 Å². The molecule has 3 heteroatoms. The Morgan fingerprint density at radius 2 is 1.80 bits per heavy atom. The number of hydrogen-bond donors (Lipinski definition) is 0. The Labute approximate surface area is 127 Å². The van der Waals surface area contributed by atoms with Crippen LogP contribution in [0.1, 0.15) is 63.6 Å². The highest BCUT2D eigenvalue weighted by Gasteiger charge is 2.13. The fraction of sp³-hybridized carbons (Fsp3) is 0.588. The van der Waals surface area contributed by atoms with Gasteiger partial charge in [-0.1, -0.05) is 51.2 Å². The molecule has 0 aliphatic rings. The highest BCUT2D eigenvalue weighted by atomic mass is 35.5. The van der Waals surface area contributed by atoms with Crippen molar-refractivity contribution in [3.8, 4) is 0 Å². The zero-order valence-electron chi connectivity index (χ0n) is 12.6. The predicted molar refractivity (Wildman–Crippen MR) is 87.4 cm³/mol. The van der Waals surface area contributed by atoms with E-state index in [2.05, 4.69) is 34.7 Å². The predicted octanol–water partition coefficient (Wildman–Crippen LogP) is 5.70. The molecule has 110 valence electrons. The molecule has 1 unspecified atom stereocenters. The Morgan fingerprint density at radius 3 is 2.55 bits per heavy atom. The number of halogens is 1. The molecule has 1 aromatic carbocycles. The molecule has 20 heavy (non-hydrogen) atoms. The van der Waals surface area contributed by atoms with Crippen molar-refractivity contribution in [2.45, 2.75) is 64.3 Å². The van der Waals surface area contributed by atoms with Gasteiger partial charge in [-0.05, 0) is 25.5 Å². The van der Waals surface area contributed by atoms with Gasteiger partial charge in [-0.25, -0.2) is 4.98 Å². The van der Waals surface area contributed by atoms with Gasteiger partial charge < -0.3 is 4.57 Å². The van der Waals surface area contributed by atoms with Crippen molar-refractivity contribution in [3.05, 3.63) is 30.1 Å². The van der Waals surface area contributed by atoms with E-state index in [1.165, 1.54) is 44.0 Å². The average molecular weight is 293 g/mol. The van der Waals surface area contributed by atoms with E-state index in [9.17, 15) is 0 Å². The lowest BCUT2D eigenvalue weighted by Crippen LogP contribution is -2.04. The number of aryl methyl sites for hydroxylation is 1. The largest absolute Gasteiger partial charge is 0.327 e. The molecule has 0 amide bonds. The van der Waals surface area contributed by atoms with E-state index in [0.29, 0.717) is 0 Å². The van der Waals surface area contributed by atoms with Gasteiger partial charge in [0.05, 0.1) is 16.4 Å². The Bertz CT molecular complexity index is 531. The van der Waals surface area contributed by atoms with Gasteiger partial charge in [0.2, 0.25) is 0 Å². The molecule has 0 aliphatic heterocycles. The maximum atomic E-state index is 6.28. The Hall–Kier alpha value is -1.02. The van der Waals surface area contributed by atoms with Crippen LogP contribution < -0.4 is 0 Å². The van der Waals surface area contributed by atoms with Crippen LogP contribution in [0.5, 0.6) is 0 Å². The fourth-order valence-electron chi connectivity index (χ4n) is 2.68. The van der Waals surface area contributed by atoms with Gasteiger partial charge in [0.15, 0.2) is 0 Å². The van der Waals surface area contributed by atoms with Crippen molar-refractivity contribution < 1.29 is 0 Å². The molecule has 1 heterocycles. The van der Waals surface area contributed by atoms with Crippen molar-refractivity contribution >= 4 is 22.6 Å². The fourth-order valence-corrected chi connectivity index (χ4v) is 2.85. The zero-order valence-corrected chi connectivity index (χ0v) is 13.4. The van der Waals surface area contributed by atoms with E-state index >= 15 is 0 Å². The topological polar surface area (TPSA) is 17.8 Å². The number of alkyl halides is 1. The highest BCUT2D eigenvalue weighted by molar-refractivity contribution is 6.20. The van der Waals surface area contributed by atoms with Crippen molar-refractivity contribution in [2.75, 3.05) is 0 Å². The molecular formula is C17H25ClN2. The minimum atomic E-state index is -0.0394. The molecule has 0 saturated carbocycles. The van der Waals surface area contributed by atoms with E-state index in [-0.39, 0.29) is 5.38 Å². The van der Waals surface area contributed by atoms with Gasteiger partial charge in [-0.2, -0.15) is 0 Å². The molecule has 1 aromatic heterocycles. The lowest BCUT2D eigenvalue weighted by atomic mass is 10.1. The van der Waals surface area contributed by atoms with E-state index in [1.54, 1.807) is 0 Å². The summed E-state index contributed by atoms with van der Waals surface area (Å²) in [5.74, 6) is 1.00. The number of fused-ring (bicyclic) bond motifs is 1. The SMILES string of the molecule is CCCCCCCCn1c(C(C)Cl)nc2ccccc21. The van der Waals surface area contributed by atoms with Gasteiger partial charge >= 0.3 is 0 Å². The summed E-state index contributed by atoms with van der Waals surface area (Å²) in [5, 5.41) is -0.0394. The molecule has 2 aromatic rings. The first-order chi connectivity index (χ1) is 9.74. The zero-order chi connectivity index (χ0) is 14.4. The molecule has 0 fully saturated rings. The average Bonchev–Trinajstić information content (AvgIpc) is 2.82. The van der Waals surface area contributed by atoms with Crippen LogP contribution in [0.2, 0.25) is 0 Å². The molecule has 1 atom stereocenters. The van der Waals surface area contributed by atoms with E-state index in [0.717, 1.165) is 17.9 Å². The van der Waals surface area contributed by atoms with Crippen LogP contribution in [0.4, 0.5) is 0 Å². The normalized spacial score (nSPS) is 12.9. The lowest BCUT2D eigenvalue weighted by molar-refractivity contribution is 0.553. The van der Waals surface area contributed by atoms with Crippen molar-refractivity contribution in [3.63, 3.8) is 0 Å². The van der Waals surface area contributed by atoms with E-state index < -0.39 is 0 Å². The molecule has 0 saturated heterocycles. The second-order valence-electron chi connectivity index (χ2n) is 5.49. The van der Waals surface area contributed by atoms with Gasteiger partial charge in [0.25, 0.3) is 0 Å². The number of unbranched alkanes of at least 4 members (excludes halogenated alkanes) is 5. The molecule has 0 N–H and O–H groups in total. The number of nitrogens with zero attached hydrogens (tertiary/aromatic N) is 2. The number of aromatic nitrogens is 2. The Kier molecular flexibility index (Phi) is 5.90. The second-order valence-corrected chi connectivity index (χ2v) is 6.15. The molecule has 0 radical (unpaired) electrons. The van der Waals surface area contributed by atoms with Crippen molar-refractivity contribution in [1.82, 2.24) is 9.55 Å². The summed E-state index contributed by atoms with van der Waals surface area (Å²) >= 11 is 6.28. The van der Waals surface area contributed by atoms with Crippen LogP contribution >= 0.6 is 11.6 Å². The molecule has 0 bridgehead atoms. The number of hydrogen-bond acceptors (Lipinski definition) is 1. The van der Waals surface area contributed by atoms with Gasteiger partial charge in [0, 0.05) is 6.54 Å². The molecule has 0 spiro atoms. The van der Waals surface area contributed by atoms with Crippen LogP contribution in [0.3, 0.4) is 0 Å². The summed E-state index contributed by atoms with van der Waals surface area (Å²) in [4.78, 5) is 4.67. The molecular weight excluding hydrogens is 268 g/mol. The molecule has 2 rings (SSSR count). The summed E-state index contributed by atoms with van der Waals surface area (Å²) < 4.78 is 2.30. The quantitative estimate of drug-likeness (QED) is 0.451. The summed E-state index contributed by atoms with van der Waals surface area (Å²) in [6, 6.07) is 8.32. The van der Waals surface area contributed by atoms with Crippen LogP contribution in [-0.4, -0.2) is 9.55 Å². The first-order valence-corrected chi connectivity index (χ1v) is 8.27. The van der Waals surface area contributed by atoms with E-state index in [1.807, 2.05) is 13.0 Å². The number of rotatable bonds is 8. The monoisotopic (exact) mass is 292 g/mol. The Morgan fingerprint density at radius 1 is 1.10 bits per heavy atom. The van der Waals surface area contributed by atoms with Gasteiger partial charge in [-0.15, -0.1) is 11.6 Å². The first kappa shape index (κ1) is 15.4. The third kappa shape index (κ3) is 3.76. The third-order valence-corrected chi connectivity index (χ3v) is 3.97. The summed E-state index contributed by atoms with van der Waals surface area (Å²) in [6.45, 7) is 5.28. The number of benzene rings is 1. The molecule has 0 aliphatic carbocycles. The summed E-state index contributed by atoms with van der Waals surface area (Å²) in [5.41, 5.74) is 2.27. The minimum Gasteiger partial charge on any atom is -0.327 e. The standard InChI is InChI=1S/C17H25ClN2/c1-3-4-5-6-7-10-13-20-16-12-9-8-11-15(16)19-17(20)14(2)18/h8-9,11-12,14H,3-7,10,13H2,1-2H3. The van der Waals surface area contributed by atoms with Gasteiger partial charge in [-0.3, -0.25) is 0 Å². The lowest BCUT2D eigenvalue weighted by Gasteiger charge is -2.10. The smallest absolute Gasteiger partial charge is 0.127 e. The van der Waals surface area contributed by atoms with Crippen molar-refractivity contribution in [1.29, 1.82) is 0 Å². The van der Waals surface area contributed by atoms with Gasteiger partial charge in [0.1, 0.15) is 5.82 Å².